The van der Waals surface area contributed by atoms with Gasteiger partial charge in [-0.15, -0.1) is 11.3 Å². The molecule has 118 valence electrons. The molecule has 2 aromatic rings. The van der Waals surface area contributed by atoms with Gasteiger partial charge in [0, 0.05) is 11.4 Å². The molecule has 4 nitrogen and oxygen atoms in total. The van der Waals surface area contributed by atoms with Crippen LogP contribution in [0.5, 0.6) is 5.75 Å². The number of carbonyl (C=O) groups excluding carboxylic acids is 1. The van der Waals surface area contributed by atoms with Crippen molar-refractivity contribution in [3.8, 4) is 5.75 Å². The predicted octanol–water partition coefficient (Wildman–Crippen LogP) is 3.07. The van der Waals surface area contributed by atoms with Gasteiger partial charge in [-0.2, -0.15) is 0 Å². The Morgan fingerprint density at radius 2 is 2.05 bits per heavy atom. The van der Waals surface area contributed by atoms with Gasteiger partial charge in [0.15, 0.2) is 0 Å². The van der Waals surface area contributed by atoms with Gasteiger partial charge in [0.05, 0.1) is 19.7 Å². The number of thiophene rings is 1. The number of likely N-dealkylation sites (N-methyl/N-ethyl adjacent to an activating group) is 1. The highest BCUT2D eigenvalue weighted by Gasteiger charge is 2.12. The van der Waals surface area contributed by atoms with Gasteiger partial charge in [-0.3, -0.25) is 9.69 Å². The van der Waals surface area contributed by atoms with Crippen LogP contribution in [0.3, 0.4) is 0 Å². The van der Waals surface area contributed by atoms with Crippen molar-refractivity contribution in [3.63, 3.8) is 0 Å². The first-order chi connectivity index (χ1) is 10.6. The molecule has 2 rings (SSSR count). The van der Waals surface area contributed by atoms with Crippen molar-refractivity contribution >= 4 is 17.2 Å². The fourth-order valence-electron chi connectivity index (χ4n) is 2.24. The Bertz CT molecular complexity index is 581. The Hall–Kier alpha value is -1.85. The molecule has 0 aliphatic heterocycles. The van der Waals surface area contributed by atoms with Gasteiger partial charge >= 0.3 is 0 Å². The lowest BCUT2D eigenvalue weighted by Gasteiger charge is -2.18. The van der Waals surface area contributed by atoms with Gasteiger partial charge in [0.2, 0.25) is 5.91 Å². The number of benzene rings is 1. The van der Waals surface area contributed by atoms with Crippen molar-refractivity contribution in [3.05, 3.63) is 52.2 Å². The minimum atomic E-state index is 0.0388. The number of rotatable bonds is 7. The second-order valence-electron chi connectivity index (χ2n) is 5.32. The highest BCUT2D eigenvalue weighted by atomic mass is 32.1. The lowest BCUT2D eigenvalue weighted by Crippen LogP contribution is -2.36. The molecule has 0 aliphatic rings. The second-order valence-corrected chi connectivity index (χ2v) is 6.30. The molecular formula is C17H22N2O2S. The van der Waals surface area contributed by atoms with E-state index in [0.717, 1.165) is 17.9 Å². The lowest BCUT2D eigenvalue weighted by atomic mass is 10.2. The molecule has 1 N–H and O–H groups in total. The number of ether oxygens (including phenoxy) is 1. The fourth-order valence-corrected chi connectivity index (χ4v) is 2.97. The summed E-state index contributed by atoms with van der Waals surface area (Å²) < 4.78 is 5.14. The molecule has 1 atom stereocenters. The lowest BCUT2D eigenvalue weighted by molar-refractivity contribution is -0.122. The smallest absolute Gasteiger partial charge is 0.234 e. The number of carbonyl (C=O) groups is 1. The summed E-state index contributed by atoms with van der Waals surface area (Å²) in [5.41, 5.74) is 1.16. The zero-order valence-electron chi connectivity index (χ0n) is 13.2. The maximum Gasteiger partial charge on any atom is 0.234 e. The quantitative estimate of drug-likeness (QED) is 0.853. The molecule has 0 bridgehead atoms. The highest BCUT2D eigenvalue weighted by molar-refractivity contribution is 7.10. The molecule has 0 radical (unpaired) electrons. The first-order valence-corrected chi connectivity index (χ1v) is 8.10. The van der Waals surface area contributed by atoms with Crippen LogP contribution in [0.1, 0.15) is 23.4 Å². The van der Waals surface area contributed by atoms with E-state index in [2.05, 4.69) is 5.32 Å². The maximum absolute atomic E-state index is 12.1. The van der Waals surface area contributed by atoms with Gasteiger partial charge in [0.1, 0.15) is 5.75 Å². The Morgan fingerprint density at radius 3 is 2.64 bits per heavy atom. The number of hydrogen-bond donors (Lipinski definition) is 1. The summed E-state index contributed by atoms with van der Waals surface area (Å²) in [6.45, 7) is 3.11. The fraction of sp³-hybridized carbons (Fsp3) is 0.353. The molecule has 0 saturated heterocycles. The highest BCUT2D eigenvalue weighted by Crippen LogP contribution is 2.18. The Morgan fingerprint density at radius 1 is 1.32 bits per heavy atom. The standard InChI is InChI=1S/C17H22N2O2S/c1-13(16-5-4-10-22-16)18-17(20)12-19(2)11-14-6-8-15(21-3)9-7-14/h4-10,13H,11-12H2,1-3H3,(H,18,20)/t13-/m1/s1. The summed E-state index contributed by atoms with van der Waals surface area (Å²) in [6, 6.07) is 12.0. The van der Waals surface area contributed by atoms with Crippen LogP contribution in [0.2, 0.25) is 0 Å². The van der Waals surface area contributed by atoms with Crippen LogP contribution < -0.4 is 10.1 Å². The molecule has 0 fully saturated rings. The zero-order valence-corrected chi connectivity index (χ0v) is 14.0. The number of amides is 1. The van der Waals surface area contributed by atoms with Gasteiger partial charge in [-0.05, 0) is 43.1 Å². The third kappa shape index (κ3) is 4.86. The molecule has 22 heavy (non-hydrogen) atoms. The van der Waals surface area contributed by atoms with Gasteiger partial charge in [-0.1, -0.05) is 18.2 Å². The molecule has 0 saturated carbocycles. The van der Waals surface area contributed by atoms with Crippen LogP contribution in [-0.4, -0.2) is 31.5 Å². The molecule has 0 aliphatic carbocycles. The van der Waals surface area contributed by atoms with E-state index >= 15 is 0 Å². The number of nitrogens with zero attached hydrogens (tertiary/aromatic N) is 1. The van der Waals surface area contributed by atoms with Crippen molar-refractivity contribution in [2.75, 3.05) is 20.7 Å². The monoisotopic (exact) mass is 318 g/mol. The van der Waals surface area contributed by atoms with Crippen LogP contribution >= 0.6 is 11.3 Å². The summed E-state index contributed by atoms with van der Waals surface area (Å²) >= 11 is 1.66. The number of hydrogen-bond acceptors (Lipinski definition) is 4. The minimum absolute atomic E-state index is 0.0388. The Kier molecular flexibility index (Phi) is 5.98. The maximum atomic E-state index is 12.1. The number of methoxy groups -OCH3 is 1. The van der Waals surface area contributed by atoms with Crippen molar-refractivity contribution in [2.45, 2.75) is 19.5 Å². The normalized spacial score (nSPS) is 12.2. The van der Waals surface area contributed by atoms with Crippen molar-refractivity contribution in [1.82, 2.24) is 10.2 Å². The Balaban J connectivity index is 1.80. The van der Waals surface area contributed by atoms with E-state index in [4.69, 9.17) is 4.74 Å². The summed E-state index contributed by atoms with van der Waals surface area (Å²) in [4.78, 5) is 15.3. The first kappa shape index (κ1) is 16.5. The molecular weight excluding hydrogens is 296 g/mol. The Labute approximate surface area is 135 Å². The van der Waals surface area contributed by atoms with Gasteiger partial charge < -0.3 is 10.1 Å². The van der Waals surface area contributed by atoms with Crippen LogP contribution in [0.15, 0.2) is 41.8 Å². The molecule has 0 spiro atoms. The zero-order chi connectivity index (χ0) is 15.9. The SMILES string of the molecule is COc1ccc(CN(C)CC(=O)N[C@H](C)c2cccs2)cc1. The average Bonchev–Trinajstić information content (AvgIpc) is 3.02. The van der Waals surface area contributed by atoms with E-state index in [9.17, 15) is 4.79 Å². The van der Waals surface area contributed by atoms with Gasteiger partial charge in [0.25, 0.3) is 0 Å². The molecule has 5 heteroatoms. The molecule has 1 amide bonds. The summed E-state index contributed by atoms with van der Waals surface area (Å²) in [5.74, 6) is 0.880. The van der Waals surface area contributed by atoms with Crippen LogP contribution in [0, 0.1) is 0 Å². The number of nitrogens with one attached hydrogen (secondary N) is 1. The van der Waals surface area contributed by atoms with Crippen LogP contribution in [0.4, 0.5) is 0 Å². The third-order valence-corrected chi connectivity index (χ3v) is 4.43. The second kappa shape index (κ2) is 7.96. The van der Waals surface area contributed by atoms with E-state index in [-0.39, 0.29) is 11.9 Å². The average molecular weight is 318 g/mol. The first-order valence-electron chi connectivity index (χ1n) is 7.22. The molecule has 1 aromatic heterocycles. The summed E-state index contributed by atoms with van der Waals surface area (Å²) in [5, 5.41) is 5.05. The van der Waals surface area contributed by atoms with Crippen molar-refractivity contribution in [1.29, 1.82) is 0 Å². The van der Waals surface area contributed by atoms with Crippen LogP contribution in [-0.2, 0) is 11.3 Å². The van der Waals surface area contributed by atoms with Crippen molar-refractivity contribution < 1.29 is 9.53 Å². The van der Waals surface area contributed by atoms with E-state index < -0.39 is 0 Å². The van der Waals surface area contributed by atoms with Gasteiger partial charge in [-0.25, -0.2) is 0 Å². The topological polar surface area (TPSA) is 41.6 Å². The largest absolute Gasteiger partial charge is 0.497 e. The minimum Gasteiger partial charge on any atom is -0.497 e. The molecule has 0 unspecified atom stereocenters. The van der Waals surface area contributed by atoms with E-state index in [1.165, 1.54) is 4.88 Å². The van der Waals surface area contributed by atoms with Crippen molar-refractivity contribution in [2.24, 2.45) is 0 Å². The van der Waals surface area contributed by atoms with E-state index in [0.29, 0.717) is 6.54 Å². The summed E-state index contributed by atoms with van der Waals surface area (Å²) in [6.07, 6.45) is 0. The van der Waals surface area contributed by atoms with E-state index in [1.807, 2.05) is 60.6 Å². The van der Waals surface area contributed by atoms with E-state index in [1.54, 1.807) is 18.4 Å². The molecule has 1 heterocycles. The predicted molar refractivity (Wildman–Crippen MR) is 90.2 cm³/mol. The third-order valence-electron chi connectivity index (χ3n) is 3.37. The molecule has 1 aromatic carbocycles. The van der Waals surface area contributed by atoms with Crippen LogP contribution in [0.25, 0.3) is 0 Å². The summed E-state index contributed by atoms with van der Waals surface area (Å²) in [7, 11) is 3.60.